The Kier molecular flexibility index (Phi) is 6.25. The minimum Gasteiger partial charge on any atom is -0.485 e. The van der Waals surface area contributed by atoms with E-state index in [2.05, 4.69) is 11.9 Å². The number of nitro benzene ring substituents is 1. The number of furan rings is 1. The summed E-state index contributed by atoms with van der Waals surface area (Å²) in [5.74, 6) is 0.580. The lowest BCUT2D eigenvalue weighted by molar-refractivity contribution is -0.384. The van der Waals surface area contributed by atoms with Crippen molar-refractivity contribution in [1.29, 1.82) is 5.26 Å². The van der Waals surface area contributed by atoms with Crippen molar-refractivity contribution in [2.75, 3.05) is 5.32 Å². The highest BCUT2D eigenvalue weighted by atomic mass is 16.6. The van der Waals surface area contributed by atoms with Gasteiger partial charge in [0.1, 0.15) is 24.2 Å². The summed E-state index contributed by atoms with van der Waals surface area (Å²) in [6.45, 7) is 3.85. The van der Waals surface area contributed by atoms with Crippen molar-refractivity contribution in [2.24, 2.45) is 0 Å². The van der Waals surface area contributed by atoms with Gasteiger partial charge in [0.05, 0.1) is 16.2 Å². The Morgan fingerprint density at radius 2 is 2.07 bits per heavy atom. The number of hydrogen-bond donors (Lipinski definition) is 1. The van der Waals surface area contributed by atoms with Gasteiger partial charge in [-0.05, 0) is 36.2 Å². The number of non-ortho nitro benzene ring substituents is 1. The van der Waals surface area contributed by atoms with Crippen molar-refractivity contribution in [1.82, 2.24) is 0 Å². The maximum absolute atomic E-state index is 12.4. The van der Waals surface area contributed by atoms with Crippen molar-refractivity contribution in [3.63, 3.8) is 0 Å². The van der Waals surface area contributed by atoms with E-state index in [1.807, 2.05) is 30.3 Å². The van der Waals surface area contributed by atoms with Gasteiger partial charge in [0.15, 0.2) is 5.76 Å². The Bertz CT molecular complexity index is 1140. The van der Waals surface area contributed by atoms with E-state index in [1.54, 1.807) is 12.1 Å². The number of carbonyl (C=O) groups excluding carboxylic acids is 1. The zero-order valence-corrected chi connectivity index (χ0v) is 15.8. The lowest BCUT2D eigenvalue weighted by Gasteiger charge is -2.09. The predicted molar refractivity (Wildman–Crippen MR) is 109 cm³/mol. The van der Waals surface area contributed by atoms with Crippen LogP contribution in [0.25, 0.3) is 0 Å². The molecule has 1 aromatic heterocycles. The first kappa shape index (κ1) is 20.4. The molecular weight excluding hydrogens is 386 g/mol. The molecule has 0 aliphatic rings. The molecule has 1 heterocycles. The minimum atomic E-state index is -0.613. The van der Waals surface area contributed by atoms with Crippen molar-refractivity contribution in [2.45, 2.75) is 13.0 Å². The Morgan fingerprint density at radius 1 is 1.27 bits per heavy atom. The second kappa shape index (κ2) is 9.21. The van der Waals surface area contributed by atoms with Gasteiger partial charge in [-0.2, -0.15) is 5.26 Å². The van der Waals surface area contributed by atoms with Crippen LogP contribution in [-0.2, 0) is 13.0 Å². The summed E-state index contributed by atoms with van der Waals surface area (Å²) >= 11 is 0. The number of nitrogens with zero attached hydrogens (tertiary/aromatic N) is 2. The second-order valence-corrected chi connectivity index (χ2v) is 6.21. The fourth-order valence-corrected chi connectivity index (χ4v) is 2.73. The molecule has 1 N–H and O–H groups in total. The van der Waals surface area contributed by atoms with Crippen LogP contribution >= 0.6 is 0 Å². The monoisotopic (exact) mass is 403 g/mol. The van der Waals surface area contributed by atoms with E-state index < -0.39 is 10.8 Å². The van der Waals surface area contributed by atoms with Crippen LogP contribution in [0, 0.1) is 21.4 Å². The van der Waals surface area contributed by atoms with Crippen molar-refractivity contribution < 1.29 is 18.9 Å². The molecule has 0 aliphatic heterocycles. The number of allylic oxidation sites excluding steroid dienone is 1. The first-order valence-electron chi connectivity index (χ1n) is 8.92. The number of nitriles is 1. The van der Waals surface area contributed by atoms with Gasteiger partial charge >= 0.3 is 0 Å². The number of benzene rings is 2. The molecule has 3 rings (SSSR count). The average Bonchev–Trinajstić information content (AvgIpc) is 3.22. The van der Waals surface area contributed by atoms with Crippen LogP contribution in [0.4, 0.5) is 11.4 Å². The van der Waals surface area contributed by atoms with Gasteiger partial charge in [0.2, 0.25) is 0 Å². The number of para-hydroxylation sites is 1. The molecule has 2 aromatic carbocycles. The molecule has 8 nitrogen and oxygen atoms in total. The number of amides is 1. The Hall–Kier alpha value is -4.38. The molecule has 0 atom stereocenters. The molecule has 150 valence electrons. The van der Waals surface area contributed by atoms with Crippen molar-refractivity contribution in [3.8, 4) is 11.8 Å². The highest BCUT2D eigenvalue weighted by Crippen LogP contribution is 2.23. The third kappa shape index (κ3) is 4.72. The van der Waals surface area contributed by atoms with E-state index >= 15 is 0 Å². The quantitative estimate of drug-likeness (QED) is 0.333. The van der Waals surface area contributed by atoms with Gasteiger partial charge < -0.3 is 14.5 Å². The first-order chi connectivity index (χ1) is 14.5. The molecule has 0 saturated carbocycles. The van der Waals surface area contributed by atoms with Gasteiger partial charge in [0, 0.05) is 12.1 Å². The van der Waals surface area contributed by atoms with Gasteiger partial charge in [-0.25, -0.2) is 0 Å². The summed E-state index contributed by atoms with van der Waals surface area (Å²) in [6, 6.07) is 16.1. The number of ether oxygens (including phenoxy) is 1. The standard InChI is InChI=1S/C22H17N3O5/c1-2-5-15-6-3-4-7-20(15)29-14-18-9-11-21(30-18)22(26)24-19-10-8-17(25(27)28)12-16(19)13-23/h2-4,6-12H,1,5,14H2,(H,24,26). The second-order valence-electron chi connectivity index (χ2n) is 6.21. The third-order valence-corrected chi connectivity index (χ3v) is 4.17. The summed E-state index contributed by atoms with van der Waals surface area (Å²) in [7, 11) is 0. The smallest absolute Gasteiger partial charge is 0.291 e. The van der Waals surface area contributed by atoms with E-state index in [0.717, 1.165) is 11.6 Å². The number of carbonyl (C=O) groups is 1. The normalized spacial score (nSPS) is 10.1. The van der Waals surface area contributed by atoms with Crippen LogP contribution in [-0.4, -0.2) is 10.8 Å². The molecule has 8 heteroatoms. The number of nitro groups is 1. The fraction of sp³-hybridized carbons (Fsp3) is 0.0909. The summed E-state index contributed by atoms with van der Waals surface area (Å²) in [4.78, 5) is 22.6. The zero-order chi connectivity index (χ0) is 21.5. The lowest BCUT2D eigenvalue weighted by atomic mass is 10.1. The molecule has 1 amide bonds. The molecule has 0 radical (unpaired) electrons. The molecule has 0 aliphatic carbocycles. The van der Waals surface area contributed by atoms with E-state index in [1.165, 1.54) is 18.2 Å². The SMILES string of the molecule is C=CCc1ccccc1OCc1ccc(C(=O)Nc2ccc([N+](=O)[O-])cc2C#N)o1. The Morgan fingerprint density at radius 3 is 2.80 bits per heavy atom. The predicted octanol–water partition coefficient (Wildman–Crippen LogP) is 4.62. The van der Waals surface area contributed by atoms with Gasteiger partial charge in [0.25, 0.3) is 11.6 Å². The zero-order valence-electron chi connectivity index (χ0n) is 15.8. The topological polar surface area (TPSA) is 118 Å². The number of nitrogens with one attached hydrogen (secondary N) is 1. The van der Waals surface area contributed by atoms with Crippen LogP contribution < -0.4 is 10.1 Å². The molecule has 0 saturated heterocycles. The minimum absolute atomic E-state index is 0.0218. The van der Waals surface area contributed by atoms with Crippen LogP contribution in [0.5, 0.6) is 5.75 Å². The molecule has 0 spiro atoms. The van der Waals surface area contributed by atoms with Crippen LogP contribution in [0.15, 0.2) is 71.7 Å². The van der Waals surface area contributed by atoms with Crippen LogP contribution in [0.3, 0.4) is 0 Å². The summed E-state index contributed by atoms with van der Waals surface area (Å²) in [5.41, 5.74) is 0.880. The highest BCUT2D eigenvalue weighted by molar-refractivity contribution is 6.03. The number of rotatable bonds is 8. The Labute approximate surface area is 172 Å². The van der Waals surface area contributed by atoms with Gasteiger partial charge in [-0.15, -0.1) is 6.58 Å². The Balaban J connectivity index is 1.68. The van der Waals surface area contributed by atoms with Crippen molar-refractivity contribution in [3.05, 3.63) is 100 Å². The van der Waals surface area contributed by atoms with Crippen LogP contribution in [0.2, 0.25) is 0 Å². The van der Waals surface area contributed by atoms with Crippen molar-refractivity contribution >= 4 is 17.3 Å². The highest BCUT2D eigenvalue weighted by Gasteiger charge is 2.16. The molecule has 3 aromatic rings. The lowest BCUT2D eigenvalue weighted by Crippen LogP contribution is -2.12. The van der Waals surface area contributed by atoms with E-state index in [9.17, 15) is 20.2 Å². The maximum atomic E-state index is 12.4. The number of anilines is 1. The van der Waals surface area contributed by atoms with Gasteiger partial charge in [-0.3, -0.25) is 14.9 Å². The van der Waals surface area contributed by atoms with Gasteiger partial charge in [-0.1, -0.05) is 24.3 Å². The average molecular weight is 403 g/mol. The summed E-state index contributed by atoms with van der Waals surface area (Å²) in [5, 5.41) is 22.5. The molecule has 0 fully saturated rings. The molecular formula is C22H17N3O5. The summed E-state index contributed by atoms with van der Waals surface area (Å²) in [6.07, 6.45) is 2.45. The van der Waals surface area contributed by atoms with Crippen LogP contribution in [0.1, 0.15) is 27.4 Å². The largest absolute Gasteiger partial charge is 0.485 e. The van der Waals surface area contributed by atoms with E-state index in [0.29, 0.717) is 17.9 Å². The molecule has 0 unspecified atom stereocenters. The molecule has 0 bridgehead atoms. The van der Waals surface area contributed by atoms with E-state index in [-0.39, 0.29) is 29.3 Å². The third-order valence-electron chi connectivity index (χ3n) is 4.17. The molecule has 30 heavy (non-hydrogen) atoms. The van der Waals surface area contributed by atoms with E-state index in [4.69, 9.17) is 9.15 Å². The fourth-order valence-electron chi connectivity index (χ4n) is 2.73. The number of hydrogen-bond acceptors (Lipinski definition) is 6. The first-order valence-corrected chi connectivity index (χ1v) is 8.92. The maximum Gasteiger partial charge on any atom is 0.291 e. The summed E-state index contributed by atoms with van der Waals surface area (Å²) < 4.78 is 11.3.